The molecule has 0 aromatic rings. The Labute approximate surface area is 48.3 Å². The number of halogens is 1. The first-order valence-corrected chi connectivity index (χ1v) is 1.78. The van der Waals surface area contributed by atoms with Gasteiger partial charge in [0.1, 0.15) is 12.9 Å². The lowest BCUT2D eigenvalue weighted by molar-refractivity contribution is 0.300. The Hall–Kier alpha value is -0.500. The molecule has 0 saturated carbocycles. The van der Waals surface area contributed by atoms with Crippen LogP contribution in [0.1, 0.15) is 0 Å². The van der Waals surface area contributed by atoms with E-state index < -0.39 is 0 Å². The molecule has 0 N–H and O–H groups in total. The third kappa shape index (κ3) is 2.23. The molecular weight excluding hydrogens is 114 g/mol. The number of rotatable bonds is 0. The van der Waals surface area contributed by atoms with Crippen LogP contribution in [0.25, 0.3) is 0 Å². The van der Waals surface area contributed by atoms with Gasteiger partial charge in [0.05, 0.1) is 6.20 Å². The van der Waals surface area contributed by atoms with Crippen LogP contribution in [0, 0.1) is 0 Å². The fourth-order valence-corrected chi connectivity index (χ4v) is 0.281. The minimum absolute atomic E-state index is 0. The van der Waals surface area contributed by atoms with Crippen molar-refractivity contribution in [3.63, 3.8) is 0 Å². The van der Waals surface area contributed by atoms with Gasteiger partial charge in [0, 0.05) is 6.21 Å². The van der Waals surface area contributed by atoms with Crippen molar-refractivity contribution in [2.45, 2.75) is 0 Å². The van der Waals surface area contributed by atoms with Gasteiger partial charge in [-0.1, -0.05) is 0 Å². The molecule has 0 spiro atoms. The van der Waals surface area contributed by atoms with Crippen LogP contribution < -0.4 is 0 Å². The van der Waals surface area contributed by atoms with Gasteiger partial charge in [-0.25, -0.2) is 0 Å². The van der Waals surface area contributed by atoms with Crippen LogP contribution in [0.5, 0.6) is 0 Å². The van der Waals surface area contributed by atoms with E-state index in [1.54, 1.807) is 18.7 Å². The standard InChI is InChI=1S/C4H5NO.ClH/c1-3-6-4-2-5-1;/h1-3H,4H2;1H. The Morgan fingerprint density at radius 1 is 1.57 bits per heavy atom. The molecule has 0 atom stereocenters. The average molecular weight is 120 g/mol. The highest BCUT2D eigenvalue weighted by Gasteiger charge is 1.76. The van der Waals surface area contributed by atoms with E-state index in [2.05, 4.69) is 4.99 Å². The zero-order valence-corrected chi connectivity index (χ0v) is 4.52. The van der Waals surface area contributed by atoms with Crippen molar-refractivity contribution >= 4 is 18.6 Å². The van der Waals surface area contributed by atoms with Crippen LogP contribution in [-0.2, 0) is 4.74 Å². The molecule has 0 radical (unpaired) electrons. The molecule has 1 aliphatic heterocycles. The van der Waals surface area contributed by atoms with E-state index in [1.807, 2.05) is 0 Å². The number of nitrogens with zero attached hydrogens (tertiary/aromatic N) is 1. The first-order chi connectivity index (χ1) is 3.00. The molecule has 40 valence electrons. The Morgan fingerprint density at radius 3 is 2.57 bits per heavy atom. The molecule has 1 rings (SSSR count). The van der Waals surface area contributed by atoms with Crippen molar-refractivity contribution in [3.05, 3.63) is 12.5 Å². The summed E-state index contributed by atoms with van der Waals surface area (Å²) in [7, 11) is 0. The minimum atomic E-state index is 0. The van der Waals surface area contributed by atoms with E-state index in [1.165, 1.54) is 0 Å². The van der Waals surface area contributed by atoms with Crippen LogP contribution in [-0.4, -0.2) is 12.8 Å². The summed E-state index contributed by atoms with van der Waals surface area (Å²) >= 11 is 0. The summed E-state index contributed by atoms with van der Waals surface area (Å²) < 4.78 is 4.74. The zero-order chi connectivity index (χ0) is 4.24. The summed E-state index contributed by atoms with van der Waals surface area (Å²) in [5.74, 6) is 0. The highest BCUT2D eigenvalue weighted by molar-refractivity contribution is 5.85. The first-order valence-electron chi connectivity index (χ1n) is 1.78. The summed E-state index contributed by atoms with van der Waals surface area (Å²) in [4.78, 5) is 3.75. The summed E-state index contributed by atoms with van der Waals surface area (Å²) in [6.07, 6.45) is 4.89. The van der Waals surface area contributed by atoms with E-state index in [9.17, 15) is 0 Å². The van der Waals surface area contributed by atoms with Gasteiger partial charge in [-0.2, -0.15) is 0 Å². The van der Waals surface area contributed by atoms with Gasteiger partial charge in [-0.15, -0.1) is 12.4 Å². The zero-order valence-electron chi connectivity index (χ0n) is 3.70. The molecule has 0 saturated heterocycles. The topological polar surface area (TPSA) is 21.6 Å². The Balaban J connectivity index is 0.000000360. The monoisotopic (exact) mass is 119 g/mol. The third-order valence-electron chi connectivity index (χ3n) is 0.519. The molecule has 7 heavy (non-hydrogen) atoms. The maximum atomic E-state index is 4.74. The Bertz CT molecular complexity index is 77.7. The molecule has 3 heteroatoms. The van der Waals surface area contributed by atoms with Crippen LogP contribution in [0.4, 0.5) is 0 Å². The molecule has 1 heterocycles. The van der Waals surface area contributed by atoms with E-state index in [4.69, 9.17) is 4.74 Å². The lowest BCUT2D eigenvalue weighted by Gasteiger charge is -1.94. The van der Waals surface area contributed by atoms with Crippen molar-refractivity contribution in [2.75, 3.05) is 6.61 Å². The van der Waals surface area contributed by atoms with Crippen LogP contribution in [0.3, 0.4) is 0 Å². The second kappa shape index (κ2) is 3.68. The summed E-state index contributed by atoms with van der Waals surface area (Å²) in [5, 5.41) is 0. The van der Waals surface area contributed by atoms with Gasteiger partial charge in [0.2, 0.25) is 0 Å². The average Bonchev–Trinajstić information content (AvgIpc) is 1.72. The van der Waals surface area contributed by atoms with Gasteiger partial charge < -0.3 is 4.74 Å². The number of ether oxygens (including phenoxy) is 1. The van der Waals surface area contributed by atoms with Gasteiger partial charge in [0.25, 0.3) is 0 Å². The maximum absolute atomic E-state index is 4.74. The maximum Gasteiger partial charge on any atom is 0.123 e. The molecule has 0 bridgehead atoms. The first kappa shape index (κ1) is 6.50. The van der Waals surface area contributed by atoms with Crippen LogP contribution in [0.2, 0.25) is 0 Å². The Kier molecular flexibility index (Phi) is 3.42. The van der Waals surface area contributed by atoms with Crippen molar-refractivity contribution in [3.8, 4) is 0 Å². The minimum Gasteiger partial charge on any atom is -0.494 e. The van der Waals surface area contributed by atoms with Crippen molar-refractivity contribution in [1.29, 1.82) is 0 Å². The third-order valence-corrected chi connectivity index (χ3v) is 0.519. The smallest absolute Gasteiger partial charge is 0.123 e. The van der Waals surface area contributed by atoms with Crippen molar-refractivity contribution in [2.24, 2.45) is 4.99 Å². The normalized spacial score (nSPS) is 14.9. The van der Waals surface area contributed by atoms with E-state index in [-0.39, 0.29) is 12.4 Å². The molecular formula is C4H6ClNO. The molecule has 0 amide bonds. The molecule has 1 aliphatic rings. The van der Waals surface area contributed by atoms with E-state index >= 15 is 0 Å². The lowest BCUT2D eigenvalue weighted by Crippen LogP contribution is -1.90. The number of hydrogen-bond acceptors (Lipinski definition) is 2. The molecule has 0 fully saturated rings. The predicted octanol–water partition coefficient (Wildman–Crippen LogP) is 0.980. The summed E-state index contributed by atoms with van der Waals surface area (Å²) in [6.45, 7) is 0.622. The number of hydrogen-bond donors (Lipinski definition) is 0. The lowest BCUT2D eigenvalue weighted by atomic mass is 10.7. The van der Waals surface area contributed by atoms with E-state index in [0.29, 0.717) is 6.61 Å². The molecule has 0 aromatic carbocycles. The fraction of sp³-hybridized carbons (Fsp3) is 0.250. The highest BCUT2D eigenvalue weighted by atomic mass is 35.5. The largest absolute Gasteiger partial charge is 0.494 e. The summed E-state index contributed by atoms with van der Waals surface area (Å²) in [5.41, 5.74) is 0. The van der Waals surface area contributed by atoms with Gasteiger partial charge in [-0.3, -0.25) is 4.99 Å². The molecule has 0 aliphatic carbocycles. The second-order valence-corrected chi connectivity index (χ2v) is 0.950. The molecule has 0 unspecified atom stereocenters. The highest BCUT2D eigenvalue weighted by Crippen LogP contribution is 1.82. The SMILES string of the molecule is C1=COCC=N1.Cl. The predicted molar refractivity (Wildman–Crippen MR) is 30.8 cm³/mol. The molecule has 2 nitrogen and oxygen atoms in total. The van der Waals surface area contributed by atoms with E-state index in [0.717, 1.165) is 0 Å². The quantitative estimate of drug-likeness (QED) is 0.466. The van der Waals surface area contributed by atoms with Crippen molar-refractivity contribution in [1.82, 2.24) is 0 Å². The number of aliphatic imine (C=N–C) groups is 1. The second-order valence-electron chi connectivity index (χ2n) is 0.950. The van der Waals surface area contributed by atoms with Gasteiger partial charge >= 0.3 is 0 Å². The van der Waals surface area contributed by atoms with Gasteiger partial charge in [-0.05, 0) is 0 Å². The molecule has 0 aromatic heterocycles. The Morgan fingerprint density at radius 2 is 2.43 bits per heavy atom. The fourth-order valence-electron chi connectivity index (χ4n) is 0.281. The van der Waals surface area contributed by atoms with Crippen LogP contribution in [0.15, 0.2) is 17.5 Å². The van der Waals surface area contributed by atoms with Crippen molar-refractivity contribution < 1.29 is 4.74 Å². The van der Waals surface area contributed by atoms with Gasteiger partial charge in [0.15, 0.2) is 0 Å². The van der Waals surface area contributed by atoms with Crippen LogP contribution >= 0.6 is 12.4 Å². The summed E-state index contributed by atoms with van der Waals surface area (Å²) in [6, 6.07) is 0.